The molecule has 22 heavy (non-hydrogen) atoms. The average Bonchev–Trinajstić information content (AvgIpc) is 2.54. The summed E-state index contributed by atoms with van der Waals surface area (Å²) >= 11 is 7.41. The van der Waals surface area contributed by atoms with Crippen LogP contribution in [0.1, 0.15) is 13.8 Å². The van der Waals surface area contributed by atoms with Crippen LogP contribution in [0.25, 0.3) is 0 Å². The van der Waals surface area contributed by atoms with Gasteiger partial charge in [-0.15, -0.1) is 0 Å². The number of hydrogen-bond donors (Lipinski definition) is 0. The molecule has 2 heterocycles. The molecule has 0 unspecified atom stereocenters. The van der Waals surface area contributed by atoms with Gasteiger partial charge >= 0.3 is 0 Å². The van der Waals surface area contributed by atoms with Gasteiger partial charge in [-0.1, -0.05) is 23.4 Å². The van der Waals surface area contributed by atoms with E-state index in [1.807, 2.05) is 13.8 Å². The number of rotatable bonds is 6. The summed E-state index contributed by atoms with van der Waals surface area (Å²) < 4.78 is 5.34. The average molecular weight is 345 g/mol. The van der Waals surface area contributed by atoms with Crippen LogP contribution in [0.4, 0.5) is 5.82 Å². The molecule has 0 aliphatic carbocycles. The van der Waals surface area contributed by atoms with Crippen molar-refractivity contribution in [3.05, 3.63) is 11.2 Å². The van der Waals surface area contributed by atoms with E-state index in [-0.39, 0.29) is 5.91 Å². The third kappa shape index (κ3) is 4.72. The van der Waals surface area contributed by atoms with Crippen LogP contribution in [0.2, 0.25) is 5.15 Å². The zero-order valence-electron chi connectivity index (χ0n) is 12.9. The second-order valence-electron chi connectivity index (χ2n) is 4.79. The number of hydrogen-bond acceptors (Lipinski definition) is 6. The third-order valence-corrected chi connectivity index (χ3v) is 4.46. The third-order valence-electron chi connectivity index (χ3n) is 3.44. The van der Waals surface area contributed by atoms with Gasteiger partial charge in [0.2, 0.25) is 5.91 Å². The maximum atomic E-state index is 12.0. The summed E-state index contributed by atoms with van der Waals surface area (Å²) in [6.07, 6.45) is 0. The highest BCUT2D eigenvalue weighted by molar-refractivity contribution is 7.99. The fraction of sp³-hybridized carbons (Fsp3) is 0.643. The van der Waals surface area contributed by atoms with E-state index in [9.17, 15) is 4.79 Å². The maximum Gasteiger partial charge on any atom is 0.233 e. The van der Waals surface area contributed by atoms with Gasteiger partial charge < -0.3 is 14.5 Å². The minimum atomic E-state index is 0.0894. The lowest BCUT2D eigenvalue weighted by atomic mass is 10.4. The van der Waals surface area contributed by atoms with E-state index >= 15 is 0 Å². The van der Waals surface area contributed by atoms with Gasteiger partial charge in [0.15, 0.2) is 5.16 Å². The van der Waals surface area contributed by atoms with Crippen molar-refractivity contribution in [2.75, 3.05) is 50.0 Å². The highest BCUT2D eigenvalue weighted by Crippen LogP contribution is 2.22. The number of amides is 1. The second-order valence-corrected chi connectivity index (χ2v) is 6.12. The normalized spacial score (nSPS) is 15.0. The van der Waals surface area contributed by atoms with Gasteiger partial charge in [-0.2, -0.15) is 0 Å². The summed E-state index contributed by atoms with van der Waals surface area (Å²) in [5.74, 6) is 1.21. The van der Waals surface area contributed by atoms with Gasteiger partial charge in [0.25, 0.3) is 0 Å². The topological polar surface area (TPSA) is 58.6 Å². The van der Waals surface area contributed by atoms with E-state index in [1.165, 1.54) is 11.8 Å². The Labute approximate surface area is 140 Å². The second kappa shape index (κ2) is 8.55. The molecule has 1 saturated heterocycles. The van der Waals surface area contributed by atoms with E-state index in [1.54, 1.807) is 11.0 Å². The minimum Gasteiger partial charge on any atom is -0.378 e. The first kappa shape index (κ1) is 17.3. The van der Waals surface area contributed by atoms with Crippen molar-refractivity contribution in [1.82, 2.24) is 14.9 Å². The van der Waals surface area contributed by atoms with Crippen LogP contribution in [-0.2, 0) is 9.53 Å². The monoisotopic (exact) mass is 344 g/mol. The van der Waals surface area contributed by atoms with Gasteiger partial charge in [-0.3, -0.25) is 4.79 Å². The van der Waals surface area contributed by atoms with Crippen LogP contribution in [0.15, 0.2) is 11.2 Å². The summed E-state index contributed by atoms with van der Waals surface area (Å²) in [6, 6.07) is 1.75. The Morgan fingerprint density at radius 2 is 2.05 bits per heavy atom. The van der Waals surface area contributed by atoms with Gasteiger partial charge in [-0.25, -0.2) is 9.97 Å². The molecule has 1 aromatic rings. The van der Waals surface area contributed by atoms with Crippen molar-refractivity contribution in [1.29, 1.82) is 0 Å². The van der Waals surface area contributed by atoms with E-state index in [0.717, 1.165) is 18.9 Å². The predicted octanol–water partition coefficient (Wildman–Crippen LogP) is 1.93. The summed E-state index contributed by atoms with van der Waals surface area (Å²) in [7, 11) is 0. The minimum absolute atomic E-state index is 0.0894. The molecule has 1 aromatic heterocycles. The number of thioether (sulfide) groups is 1. The zero-order chi connectivity index (χ0) is 15.9. The lowest BCUT2D eigenvalue weighted by molar-refractivity contribution is -0.127. The number of halogens is 1. The molecular weight excluding hydrogens is 324 g/mol. The zero-order valence-corrected chi connectivity index (χ0v) is 14.5. The Hall–Kier alpha value is -1.05. The van der Waals surface area contributed by atoms with Gasteiger partial charge in [0, 0.05) is 32.2 Å². The lowest BCUT2D eigenvalue weighted by Crippen LogP contribution is -2.36. The van der Waals surface area contributed by atoms with E-state index < -0.39 is 0 Å². The quantitative estimate of drug-likeness (QED) is 0.446. The molecule has 1 aliphatic heterocycles. The molecule has 0 atom stereocenters. The molecule has 1 fully saturated rings. The van der Waals surface area contributed by atoms with Crippen molar-refractivity contribution in [3.63, 3.8) is 0 Å². The number of anilines is 1. The first-order valence-electron chi connectivity index (χ1n) is 7.41. The molecule has 1 aliphatic rings. The Balaban J connectivity index is 2.01. The van der Waals surface area contributed by atoms with Crippen molar-refractivity contribution >= 4 is 35.1 Å². The Bertz CT molecular complexity index is 508. The largest absolute Gasteiger partial charge is 0.378 e. The number of carbonyl (C=O) groups is 1. The summed E-state index contributed by atoms with van der Waals surface area (Å²) in [4.78, 5) is 24.7. The van der Waals surface area contributed by atoms with Crippen LogP contribution in [0.5, 0.6) is 0 Å². The van der Waals surface area contributed by atoms with Crippen LogP contribution in [0.3, 0.4) is 0 Å². The van der Waals surface area contributed by atoms with Crippen LogP contribution < -0.4 is 4.90 Å². The first-order valence-corrected chi connectivity index (χ1v) is 8.78. The first-order chi connectivity index (χ1) is 10.6. The fourth-order valence-corrected chi connectivity index (χ4v) is 3.18. The molecule has 1 amide bonds. The number of nitrogens with zero attached hydrogens (tertiary/aromatic N) is 4. The Morgan fingerprint density at radius 1 is 1.36 bits per heavy atom. The van der Waals surface area contributed by atoms with E-state index in [0.29, 0.717) is 42.4 Å². The van der Waals surface area contributed by atoms with E-state index in [2.05, 4.69) is 14.9 Å². The Kier molecular flexibility index (Phi) is 6.72. The molecular formula is C14H21ClN4O2S. The molecule has 0 spiro atoms. The van der Waals surface area contributed by atoms with E-state index in [4.69, 9.17) is 16.3 Å². The standard InChI is InChI=1S/C14H21ClN4O2S/c1-3-18(4-2)13(20)10-22-14-16-11(15)9-12(17-14)19-5-7-21-8-6-19/h9H,3-8,10H2,1-2H3. The van der Waals surface area contributed by atoms with Crippen LogP contribution in [0, 0.1) is 0 Å². The van der Waals surface area contributed by atoms with Gasteiger partial charge in [0.1, 0.15) is 11.0 Å². The van der Waals surface area contributed by atoms with Gasteiger partial charge in [-0.05, 0) is 13.8 Å². The maximum absolute atomic E-state index is 12.0. The number of carbonyl (C=O) groups excluding carboxylic acids is 1. The summed E-state index contributed by atoms with van der Waals surface area (Å²) in [6.45, 7) is 8.31. The number of morpholine rings is 1. The summed E-state index contributed by atoms with van der Waals surface area (Å²) in [5, 5.41) is 0.934. The molecule has 8 heteroatoms. The van der Waals surface area contributed by atoms with Crippen molar-refractivity contribution in [3.8, 4) is 0 Å². The van der Waals surface area contributed by atoms with Crippen LogP contribution in [-0.4, -0.2) is 65.9 Å². The predicted molar refractivity (Wildman–Crippen MR) is 88.7 cm³/mol. The molecule has 0 bridgehead atoms. The molecule has 6 nitrogen and oxygen atoms in total. The lowest BCUT2D eigenvalue weighted by Gasteiger charge is -2.28. The number of ether oxygens (including phenoxy) is 1. The number of aromatic nitrogens is 2. The fourth-order valence-electron chi connectivity index (χ4n) is 2.20. The smallest absolute Gasteiger partial charge is 0.233 e. The molecule has 0 aromatic carbocycles. The molecule has 0 N–H and O–H groups in total. The molecule has 2 rings (SSSR count). The highest BCUT2D eigenvalue weighted by atomic mass is 35.5. The van der Waals surface area contributed by atoms with Gasteiger partial charge in [0.05, 0.1) is 19.0 Å². The highest BCUT2D eigenvalue weighted by Gasteiger charge is 2.16. The van der Waals surface area contributed by atoms with Crippen molar-refractivity contribution in [2.45, 2.75) is 19.0 Å². The molecule has 122 valence electrons. The Morgan fingerprint density at radius 3 is 2.68 bits per heavy atom. The molecule has 0 radical (unpaired) electrons. The SMILES string of the molecule is CCN(CC)C(=O)CSc1nc(Cl)cc(N2CCOCC2)n1. The summed E-state index contributed by atoms with van der Waals surface area (Å²) in [5.41, 5.74) is 0. The van der Waals surface area contributed by atoms with Crippen LogP contribution >= 0.6 is 23.4 Å². The van der Waals surface area contributed by atoms with Crippen molar-refractivity contribution in [2.24, 2.45) is 0 Å². The molecule has 0 saturated carbocycles. The van der Waals surface area contributed by atoms with Crippen molar-refractivity contribution < 1.29 is 9.53 Å².